The summed E-state index contributed by atoms with van der Waals surface area (Å²) in [6, 6.07) is 6.79. The number of amides is 1. The number of hydrogen-bond acceptors (Lipinski definition) is 7. The normalized spacial score (nSPS) is 15.8. The Morgan fingerprint density at radius 3 is 2.46 bits per heavy atom. The van der Waals surface area contributed by atoms with Crippen LogP contribution >= 0.6 is 0 Å². The van der Waals surface area contributed by atoms with E-state index in [1.807, 2.05) is 6.07 Å². The van der Waals surface area contributed by atoms with E-state index < -0.39 is 0 Å². The highest BCUT2D eigenvalue weighted by Crippen LogP contribution is 2.38. The van der Waals surface area contributed by atoms with Crippen LogP contribution in [0.25, 0.3) is 0 Å². The minimum atomic E-state index is -0.327. The van der Waals surface area contributed by atoms with Gasteiger partial charge in [-0.2, -0.15) is 0 Å². The molecule has 1 atom stereocenters. The van der Waals surface area contributed by atoms with Gasteiger partial charge >= 0.3 is 0 Å². The molecule has 1 aromatic carbocycles. The summed E-state index contributed by atoms with van der Waals surface area (Å²) < 4.78 is 21.4. The molecule has 28 heavy (non-hydrogen) atoms. The van der Waals surface area contributed by atoms with Crippen molar-refractivity contribution in [3.8, 4) is 17.2 Å². The maximum absolute atomic E-state index is 12.6. The van der Waals surface area contributed by atoms with E-state index in [2.05, 4.69) is 15.6 Å². The number of pyridine rings is 1. The lowest BCUT2D eigenvalue weighted by atomic mass is 10.1. The molecular weight excluding hydrogens is 362 g/mol. The molecule has 1 amide bonds. The van der Waals surface area contributed by atoms with Crippen LogP contribution in [0.4, 0.5) is 11.5 Å². The zero-order valence-electron chi connectivity index (χ0n) is 16.3. The van der Waals surface area contributed by atoms with Crippen molar-refractivity contribution in [1.29, 1.82) is 0 Å². The van der Waals surface area contributed by atoms with Crippen molar-refractivity contribution < 1.29 is 23.7 Å². The van der Waals surface area contributed by atoms with Gasteiger partial charge in [0.2, 0.25) is 5.75 Å². The van der Waals surface area contributed by atoms with Crippen LogP contribution in [0.3, 0.4) is 0 Å². The molecule has 1 saturated heterocycles. The van der Waals surface area contributed by atoms with Crippen LogP contribution in [0.15, 0.2) is 30.5 Å². The van der Waals surface area contributed by atoms with Crippen LogP contribution < -0.4 is 24.8 Å². The third-order valence-corrected chi connectivity index (χ3v) is 4.49. The Kier molecular flexibility index (Phi) is 6.54. The molecule has 1 aliphatic rings. The third-order valence-electron chi connectivity index (χ3n) is 4.49. The smallest absolute Gasteiger partial charge is 0.257 e. The molecule has 1 aromatic heterocycles. The van der Waals surface area contributed by atoms with Crippen LogP contribution in [0.2, 0.25) is 0 Å². The van der Waals surface area contributed by atoms with Gasteiger partial charge in [-0.05, 0) is 37.1 Å². The molecule has 0 saturated carbocycles. The van der Waals surface area contributed by atoms with Crippen LogP contribution in [-0.4, -0.2) is 51.5 Å². The van der Waals surface area contributed by atoms with E-state index in [1.54, 1.807) is 24.4 Å². The molecule has 0 bridgehead atoms. The lowest BCUT2D eigenvalue weighted by Gasteiger charge is -2.14. The lowest BCUT2D eigenvalue weighted by molar-refractivity contribution is 0.102. The summed E-state index contributed by atoms with van der Waals surface area (Å²) in [6.07, 6.45) is 4.11. The zero-order valence-corrected chi connectivity index (χ0v) is 16.3. The van der Waals surface area contributed by atoms with Crippen molar-refractivity contribution in [2.24, 2.45) is 0 Å². The average Bonchev–Trinajstić information content (AvgIpc) is 3.25. The first-order valence-corrected chi connectivity index (χ1v) is 9.07. The number of rotatable bonds is 8. The topological polar surface area (TPSA) is 90.9 Å². The minimum Gasteiger partial charge on any atom is -0.493 e. The second-order valence-electron chi connectivity index (χ2n) is 6.32. The number of ether oxygens (including phenoxy) is 4. The summed E-state index contributed by atoms with van der Waals surface area (Å²) in [5, 5.41) is 6.06. The van der Waals surface area contributed by atoms with Gasteiger partial charge in [0.05, 0.1) is 39.3 Å². The number of nitrogens with zero attached hydrogens (tertiary/aromatic N) is 1. The van der Waals surface area contributed by atoms with Gasteiger partial charge in [0.1, 0.15) is 5.82 Å². The van der Waals surface area contributed by atoms with E-state index in [0.717, 1.165) is 31.7 Å². The number of hydrogen-bond donors (Lipinski definition) is 2. The molecule has 8 heteroatoms. The summed E-state index contributed by atoms with van der Waals surface area (Å²) in [5.74, 6) is 1.37. The fourth-order valence-electron chi connectivity index (χ4n) is 3.01. The van der Waals surface area contributed by atoms with E-state index in [0.29, 0.717) is 28.6 Å². The van der Waals surface area contributed by atoms with E-state index in [-0.39, 0.29) is 12.0 Å². The Morgan fingerprint density at radius 1 is 1.18 bits per heavy atom. The number of nitrogens with one attached hydrogen (secondary N) is 2. The second kappa shape index (κ2) is 9.27. The quantitative estimate of drug-likeness (QED) is 0.720. The van der Waals surface area contributed by atoms with Gasteiger partial charge in [0, 0.05) is 18.7 Å². The van der Waals surface area contributed by atoms with Gasteiger partial charge in [-0.25, -0.2) is 4.98 Å². The predicted octanol–water partition coefficient (Wildman–Crippen LogP) is 2.95. The standard InChI is InChI=1S/C20H25N3O5/c1-25-16-9-13(10-17(26-2)19(16)27-3)20(24)23-18-7-6-14(11-22-18)21-12-15-5-4-8-28-15/h6-7,9-11,15,21H,4-5,8,12H2,1-3H3,(H,22,23,24). The van der Waals surface area contributed by atoms with Crippen LogP contribution in [0.5, 0.6) is 17.2 Å². The maximum atomic E-state index is 12.6. The Morgan fingerprint density at radius 2 is 1.93 bits per heavy atom. The number of anilines is 2. The Labute approximate surface area is 164 Å². The van der Waals surface area contributed by atoms with Gasteiger partial charge in [0.25, 0.3) is 5.91 Å². The summed E-state index contributed by atoms with van der Waals surface area (Å²) in [7, 11) is 4.52. The molecule has 0 aliphatic carbocycles. The number of carbonyl (C=O) groups is 1. The van der Waals surface area contributed by atoms with Crippen molar-refractivity contribution in [3.63, 3.8) is 0 Å². The largest absolute Gasteiger partial charge is 0.493 e. The molecule has 1 fully saturated rings. The van der Waals surface area contributed by atoms with Crippen molar-refractivity contribution in [3.05, 3.63) is 36.0 Å². The van der Waals surface area contributed by atoms with E-state index in [9.17, 15) is 4.79 Å². The number of aromatic nitrogens is 1. The fourth-order valence-corrected chi connectivity index (χ4v) is 3.01. The first-order chi connectivity index (χ1) is 13.6. The fraction of sp³-hybridized carbons (Fsp3) is 0.400. The Balaban J connectivity index is 1.65. The van der Waals surface area contributed by atoms with Crippen LogP contribution in [0, 0.1) is 0 Å². The Bertz CT molecular complexity index is 779. The number of benzene rings is 1. The monoisotopic (exact) mass is 387 g/mol. The van der Waals surface area contributed by atoms with Gasteiger partial charge in [-0.1, -0.05) is 0 Å². The van der Waals surface area contributed by atoms with Crippen LogP contribution in [0.1, 0.15) is 23.2 Å². The molecule has 2 aromatic rings. The highest BCUT2D eigenvalue weighted by atomic mass is 16.5. The molecule has 2 heterocycles. The van der Waals surface area contributed by atoms with Crippen LogP contribution in [-0.2, 0) is 4.74 Å². The van der Waals surface area contributed by atoms with Gasteiger partial charge < -0.3 is 29.6 Å². The van der Waals surface area contributed by atoms with Crippen molar-refractivity contribution >= 4 is 17.4 Å². The van der Waals surface area contributed by atoms with Crippen molar-refractivity contribution in [2.45, 2.75) is 18.9 Å². The van der Waals surface area contributed by atoms with Gasteiger partial charge in [-0.15, -0.1) is 0 Å². The molecule has 1 aliphatic heterocycles. The second-order valence-corrected chi connectivity index (χ2v) is 6.32. The molecule has 8 nitrogen and oxygen atoms in total. The van der Waals surface area contributed by atoms with Gasteiger partial charge in [0.15, 0.2) is 11.5 Å². The molecule has 1 unspecified atom stereocenters. The average molecular weight is 387 g/mol. The maximum Gasteiger partial charge on any atom is 0.257 e. The van der Waals surface area contributed by atoms with Gasteiger partial charge in [-0.3, -0.25) is 4.79 Å². The molecule has 150 valence electrons. The molecular formula is C20H25N3O5. The number of carbonyl (C=O) groups excluding carboxylic acids is 1. The third kappa shape index (κ3) is 4.64. The van der Waals surface area contributed by atoms with Crippen molar-refractivity contribution in [2.75, 3.05) is 45.1 Å². The molecule has 0 spiro atoms. The Hall–Kier alpha value is -3.00. The number of methoxy groups -OCH3 is 3. The molecule has 2 N–H and O–H groups in total. The minimum absolute atomic E-state index is 0.249. The lowest BCUT2D eigenvalue weighted by Crippen LogP contribution is -2.18. The summed E-state index contributed by atoms with van der Waals surface area (Å²) >= 11 is 0. The van der Waals surface area contributed by atoms with E-state index in [4.69, 9.17) is 18.9 Å². The molecule has 3 rings (SSSR count). The first-order valence-electron chi connectivity index (χ1n) is 9.07. The first kappa shape index (κ1) is 19.8. The summed E-state index contributed by atoms with van der Waals surface area (Å²) in [5.41, 5.74) is 1.25. The molecule has 0 radical (unpaired) electrons. The summed E-state index contributed by atoms with van der Waals surface area (Å²) in [6.45, 7) is 1.58. The van der Waals surface area contributed by atoms with Crippen molar-refractivity contribution in [1.82, 2.24) is 4.98 Å². The van der Waals surface area contributed by atoms with E-state index >= 15 is 0 Å². The summed E-state index contributed by atoms with van der Waals surface area (Å²) in [4.78, 5) is 16.9. The van der Waals surface area contributed by atoms with E-state index in [1.165, 1.54) is 21.3 Å². The highest BCUT2D eigenvalue weighted by Gasteiger charge is 2.18. The predicted molar refractivity (Wildman–Crippen MR) is 106 cm³/mol. The zero-order chi connectivity index (χ0) is 19.9. The SMILES string of the molecule is COc1cc(C(=O)Nc2ccc(NCC3CCCO3)cn2)cc(OC)c1OC. The highest BCUT2D eigenvalue weighted by molar-refractivity contribution is 6.04.